The van der Waals surface area contributed by atoms with Gasteiger partial charge < -0.3 is 4.57 Å². The summed E-state index contributed by atoms with van der Waals surface area (Å²) in [6.07, 6.45) is 0. The molecule has 0 saturated carbocycles. The minimum Gasteiger partial charge on any atom is -0.309 e. The minimum absolute atomic E-state index is 0.614. The van der Waals surface area contributed by atoms with E-state index in [9.17, 15) is 0 Å². The normalized spacial score (nSPS) is 11.7. The van der Waals surface area contributed by atoms with Crippen LogP contribution in [0.2, 0.25) is 0 Å². The van der Waals surface area contributed by atoms with Crippen molar-refractivity contribution in [2.45, 2.75) is 0 Å². The summed E-state index contributed by atoms with van der Waals surface area (Å²) in [5, 5.41) is 11.9. The molecule has 0 bridgehead atoms. The largest absolute Gasteiger partial charge is 0.309 e. The molecule has 2 heterocycles. The Kier molecular flexibility index (Phi) is 8.50. The second-order valence-corrected chi connectivity index (χ2v) is 16.8. The van der Waals surface area contributed by atoms with E-state index in [0.29, 0.717) is 17.5 Å². The average Bonchev–Trinajstić information content (AvgIpc) is 3.72. The highest BCUT2D eigenvalue weighted by Crippen LogP contribution is 2.42. The van der Waals surface area contributed by atoms with Crippen LogP contribution in [0, 0.1) is 0 Å². The Morgan fingerprint density at radius 2 is 0.800 bits per heavy atom. The van der Waals surface area contributed by atoms with E-state index in [-0.39, 0.29) is 0 Å². The number of hydrogen-bond acceptors (Lipinski definition) is 3. The molecule has 13 aromatic rings. The second-order valence-electron chi connectivity index (χ2n) is 16.8. The molecule has 0 unspecified atom stereocenters. The Hall–Kier alpha value is -8.73. The van der Waals surface area contributed by atoms with Crippen molar-refractivity contribution in [3.63, 3.8) is 0 Å². The lowest BCUT2D eigenvalue weighted by atomic mass is 9.97. The molecule has 4 heteroatoms. The lowest BCUT2D eigenvalue weighted by Gasteiger charge is -2.15. The molecule has 0 saturated heterocycles. The van der Waals surface area contributed by atoms with Crippen molar-refractivity contribution >= 4 is 64.9 Å². The molecule has 0 radical (unpaired) electrons. The fourth-order valence-electron chi connectivity index (χ4n) is 9.84. The van der Waals surface area contributed by atoms with Crippen molar-refractivity contribution in [2.24, 2.45) is 0 Å². The fourth-order valence-corrected chi connectivity index (χ4v) is 9.84. The van der Waals surface area contributed by atoms with Crippen LogP contribution in [-0.2, 0) is 0 Å². The van der Waals surface area contributed by atoms with Gasteiger partial charge in [-0.15, -0.1) is 0 Å². The van der Waals surface area contributed by atoms with Crippen LogP contribution >= 0.6 is 0 Å². The van der Waals surface area contributed by atoms with Gasteiger partial charge in [0, 0.05) is 32.8 Å². The van der Waals surface area contributed by atoms with Gasteiger partial charge in [-0.3, -0.25) is 0 Å². The highest BCUT2D eigenvalue weighted by atomic mass is 15.0. The Morgan fingerprint density at radius 1 is 0.262 bits per heavy atom. The van der Waals surface area contributed by atoms with Gasteiger partial charge in [0.1, 0.15) is 0 Å². The van der Waals surface area contributed by atoms with Crippen LogP contribution in [0.5, 0.6) is 0 Å². The molecule has 0 aliphatic rings. The Morgan fingerprint density at radius 3 is 1.57 bits per heavy atom. The summed E-state index contributed by atoms with van der Waals surface area (Å²) in [7, 11) is 0. The summed E-state index contributed by atoms with van der Waals surface area (Å²) in [6.45, 7) is 0. The zero-order valence-corrected chi connectivity index (χ0v) is 35.2. The maximum absolute atomic E-state index is 5.32. The molecule has 65 heavy (non-hydrogen) atoms. The van der Waals surface area contributed by atoms with E-state index in [4.69, 9.17) is 15.0 Å². The van der Waals surface area contributed by atoms with E-state index >= 15 is 0 Å². The summed E-state index contributed by atoms with van der Waals surface area (Å²) in [6, 6.07) is 82.5. The number of aromatic nitrogens is 4. The number of hydrogen-bond donors (Lipinski definition) is 0. The minimum atomic E-state index is 0.614. The summed E-state index contributed by atoms with van der Waals surface area (Å²) in [4.78, 5) is 15.7. The van der Waals surface area contributed by atoms with Gasteiger partial charge in [-0.25, -0.2) is 15.0 Å². The summed E-state index contributed by atoms with van der Waals surface area (Å²) in [5.41, 5.74) is 10.9. The molecule has 0 aliphatic carbocycles. The van der Waals surface area contributed by atoms with Gasteiger partial charge in [-0.1, -0.05) is 194 Å². The molecule has 2 aromatic heterocycles. The Labute approximate surface area is 375 Å². The van der Waals surface area contributed by atoms with Crippen molar-refractivity contribution in [1.29, 1.82) is 0 Å². The molecule has 11 aromatic carbocycles. The number of benzene rings is 11. The van der Waals surface area contributed by atoms with Crippen LogP contribution in [0.1, 0.15) is 0 Å². The van der Waals surface area contributed by atoms with Gasteiger partial charge in [0.15, 0.2) is 17.5 Å². The Bertz CT molecular complexity index is 4000. The summed E-state index contributed by atoms with van der Waals surface area (Å²) < 4.78 is 2.46. The van der Waals surface area contributed by atoms with Crippen LogP contribution in [-0.4, -0.2) is 19.5 Å². The highest BCUT2D eigenvalue weighted by Gasteiger charge is 2.21. The standard InChI is InChI=1S/C61H38N4/c1-3-14-39(15-4-1)43-26-27-45-35-48(29-28-44(45)34-43)60-62-59(42-18-5-2-6-19-42)63-61(64-60)49-36-46-20-9-11-23-52(46)56(38-49)65-55-33-31-41-17-8-12-24-53(41)58(55)54-32-30-47(37-57(54)65)51-25-13-21-40-16-7-10-22-50(40)51/h1-38H. The number of rotatable bonds is 6. The SMILES string of the molecule is c1ccc(-c2ccc3cc(-c4nc(-c5ccccc5)nc(-c5cc(-n6c7cc(-c8cccc9ccccc89)ccc7c7c8ccccc8ccc76)c6ccccc6c5)n4)ccc3c2)cc1. The zero-order valence-electron chi connectivity index (χ0n) is 35.2. The van der Waals surface area contributed by atoms with Gasteiger partial charge in [-0.2, -0.15) is 0 Å². The summed E-state index contributed by atoms with van der Waals surface area (Å²) in [5.74, 6) is 1.87. The van der Waals surface area contributed by atoms with Gasteiger partial charge in [-0.05, 0) is 96.4 Å². The molecule has 0 aliphatic heterocycles. The summed E-state index contributed by atoms with van der Waals surface area (Å²) >= 11 is 0. The van der Waals surface area contributed by atoms with E-state index < -0.39 is 0 Å². The number of fused-ring (bicyclic) bond motifs is 8. The lowest BCUT2D eigenvalue weighted by Crippen LogP contribution is -2.02. The fraction of sp³-hybridized carbons (Fsp3) is 0. The monoisotopic (exact) mass is 826 g/mol. The molecule has 4 nitrogen and oxygen atoms in total. The van der Waals surface area contributed by atoms with Crippen molar-refractivity contribution in [1.82, 2.24) is 19.5 Å². The molecule has 0 spiro atoms. The van der Waals surface area contributed by atoms with Crippen LogP contribution in [0.3, 0.4) is 0 Å². The van der Waals surface area contributed by atoms with Crippen molar-refractivity contribution in [3.05, 3.63) is 231 Å². The predicted molar refractivity (Wildman–Crippen MR) is 271 cm³/mol. The number of nitrogens with zero attached hydrogens (tertiary/aromatic N) is 4. The maximum atomic E-state index is 5.32. The third-order valence-electron chi connectivity index (χ3n) is 13.0. The average molecular weight is 827 g/mol. The predicted octanol–water partition coefficient (Wildman–Crippen LogP) is 15.9. The Balaban J connectivity index is 1.05. The third-order valence-corrected chi connectivity index (χ3v) is 13.0. The van der Waals surface area contributed by atoms with Crippen LogP contribution < -0.4 is 0 Å². The molecular formula is C61H38N4. The first-order chi connectivity index (χ1) is 32.2. The zero-order chi connectivity index (χ0) is 42.8. The van der Waals surface area contributed by atoms with Gasteiger partial charge in [0.25, 0.3) is 0 Å². The van der Waals surface area contributed by atoms with E-state index in [1.165, 1.54) is 54.6 Å². The first kappa shape index (κ1) is 36.9. The maximum Gasteiger partial charge on any atom is 0.164 e. The van der Waals surface area contributed by atoms with Crippen LogP contribution in [0.25, 0.3) is 127 Å². The van der Waals surface area contributed by atoms with Gasteiger partial charge in [0.2, 0.25) is 0 Å². The van der Waals surface area contributed by atoms with Gasteiger partial charge >= 0.3 is 0 Å². The molecule has 0 N–H and O–H groups in total. The van der Waals surface area contributed by atoms with E-state index in [2.05, 4.69) is 217 Å². The van der Waals surface area contributed by atoms with E-state index in [0.717, 1.165) is 55.0 Å². The van der Waals surface area contributed by atoms with Crippen molar-refractivity contribution in [3.8, 4) is 62.1 Å². The van der Waals surface area contributed by atoms with Crippen LogP contribution in [0.4, 0.5) is 0 Å². The molecular weight excluding hydrogens is 789 g/mol. The smallest absolute Gasteiger partial charge is 0.164 e. The van der Waals surface area contributed by atoms with Gasteiger partial charge in [0.05, 0.1) is 16.7 Å². The third kappa shape index (κ3) is 6.26. The molecule has 0 fully saturated rings. The first-order valence-electron chi connectivity index (χ1n) is 22.1. The van der Waals surface area contributed by atoms with Crippen molar-refractivity contribution < 1.29 is 0 Å². The second kappa shape index (κ2) is 15.0. The van der Waals surface area contributed by atoms with Crippen molar-refractivity contribution in [2.75, 3.05) is 0 Å². The lowest BCUT2D eigenvalue weighted by molar-refractivity contribution is 1.07. The topological polar surface area (TPSA) is 43.6 Å². The molecule has 302 valence electrons. The molecule has 13 rings (SSSR count). The molecule has 0 atom stereocenters. The van der Waals surface area contributed by atoms with E-state index in [1.54, 1.807) is 0 Å². The van der Waals surface area contributed by atoms with Crippen LogP contribution in [0.15, 0.2) is 231 Å². The highest BCUT2D eigenvalue weighted by molar-refractivity contribution is 6.22. The van der Waals surface area contributed by atoms with E-state index in [1.807, 2.05) is 18.2 Å². The molecule has 0 amide bonds. The quantitative estimate of drug-likeness (QED) is 0.168. The first-order valence-corrected chi connectivity index (χ1v) is 22.1.